The van der Waals surface area contributed by atoms with Crippen molar-refractivity contribution in [2.24, 2.45) is 0 Å². The summed E-state index contributed by atoms with van der Waals surface area (Å²) < 4.78 is 10.9. The van der Waals surface area contributed by atoms with Gasteiger partial charge in [0.2, 0.25) is 11.8 Å². The van der Waals surface area contributed by atoms with E-state index in [-0.39, 0.29) is 30.6 Å². The van der Waals surface area contributed by atoms with E-state index in [1.807, 2.05) is 9.80 Å². The van der Waals surface area contributed by atoms with Crippen LogP contribution in [0.15, 0.2) is 0 Å². The van der Waals surface area contributed by atoms with Crippen LogP contribution < -0.4 is 0 Å². The van der Waals surface area contributed by atoms with E-state index in [1.54, 1.807) is 14.0 Å². The molecule has 0 unspecified atom stereocenters. The molecule has 0 N–H and O–H groups in total. The van der Waals surface area contributed by atoms with Crippen LogP contribution in [0.2, 0.25) is 0 Å². The third kappa shape index (κ3) is 3.51. The van der Waals surface area contributed by atoms with Crippen molar-refractivity contribution in [3.8, 4) is 0 Å². The second kappa shape index (κ2) is 7.15. The first-order valence-electron chi connectivity index (χ1n) is 8.49. The maximum absolute atomic E-state index is 12.1. The van der Waals surface area contributed by atoms with Crippen LogP contribution in [0.3, 0.4) is 0 Å². The van der Waals surface area contributed by atoms with Gasteiger partial charge in [0.25, 0.3) is 0 Å². The number of ether oxygens (including phenoxy) is 2. The number of fused-ring (bicyclic) bond motifs is 1. The van der Waals surface area contributed by atoms with Gasteiger partial charge < -0.3 is 19.3 Å². The number of carbonyl (C=O) groups excluding carboxylic acids is 2. The van der Waals surface area contributed by atoms with Gasteiger partial charge in [0.05, 0.1) is 18.8 Å². The molecule has 3 aliphatic heterocycles. The van der Waals surface area contributed by atoms with Crippen molar-refractivity contribution >= 4 is 11.8 Å². The third-order valence-corrected chi connectivity index (χ3v) is 5.37. The number of hydrogen-bond acceptors (Lipinski definition) is 5. The van der Waals surface area contributed by atoms with Gasteiger partial charge in [0.1, 0.15) is 6.61 Å². The summed E-state index contributed by atoms with van der Waals surface area (Å²) in [4.78, 5) is 29.9. The van der Waals surface area contributed by atoms with Gasteiger partial charge in [0, 0.05) is 52.8 Å². The molecule has 0 spiro atoms. The van der Waals surface area contributed by atoms with Crippen molar-refractivity contribution < 1.29 is 19.1 Å². The quantitative estimate of drug-likeness (QED) is 0.701. The SMILES string of the molecule is COCCN1C(=O)CO[C@H]2CN(C3CCN(C(C)=O)CC3)C[C@@H]21. The molecule has 0 aromatic rings. The van der Waals surface area contributed by atoms with Crippen LogP contribution in [-0.4, -0.2) is 97.7 Å². The number of morpholine rings is 1. The predicted molar refractivity (Wildman–Crippen MR) is 84.0 cm³/mol. The zero-order valence-electron chi connectivity index (χ0n) is 14.1. The molecule has 0 radical (unpaired) electrons. The molecule has 2 atom stereocenters. The average molecular weight is 325 g/mol. The van der Waals surface area contributed by atoms with Crippen LogP contribution in [0.5, 0.6) is 0 Å². The fraction of sp³-hybridized carbons (Fsp3) is 0.875. The molecular weight excluding hydrogens is 298 g/mol. The van der Waals surface area contributed by atoms with Crippen LogP contribution in [0.25, 0.3) is 0 Å². The Hall–Kier alpha value is -1.18. The molecule has 0 aromatic heterocycles. The second-order valence-electron chi connectivity index (χ2n) is 6.69. The minimum Gasteiger partial charge on any atom is -0.383 e. The molecule has 130 valence electrons. The van der Waals surface area contributed by atoms with Crippen molar-refractivity contribution in [3.63, 3.8) is 0 Å². The maximum atomic E-state index is 12.1. The van der Waals surface area contributed by atoms with Crippen molar-refractivity contribution in [1.82, 2.24) is 14.7 Å². The van der Waals surface area contributed by atoms with E-state index in [0.717, 1.165) is 39.0 Å². The van der Waals surface area contributed by atoms with Crippen LogP contribution in [-0.2, 0) is 19.1 Å². The van der Waals surface area contributed by atoms with E-state index in [9.17, 15) is 9.59 Å². The van der Waals surface area contributed by atoms with Crippen LogP contribution >= 0.6 is 0 Å². The van der Waals surface area contributed by atoms with Crippen LogP contribution in [0, 0.1) is 0 Å². The molecule has 2 amide bonds. The lowest BCUT2D eigenvalue weighted by Crippen LogP contribution is -2.55. The van der Waals surface area contributed by atoms with Crippen molar-refractivity contribution in [3.05, 3.63) is 0 Å². The van der Waals surface area contributed by atoms with Gasteiger partial charge in [-0.1, -0.05) is 0 Å². The highest BCUT2D eigenvalue weighted by molar-refractivity contribution is 5.78. The number of methoxy groups -OCH3 is 1. The fourth-order valence-corrected chi connectivity index (χ4v) is 4.02. The Morgan fingerprint density at radius 2 is 2.04 bits per heavy atom. The topological polar surface area (TPSA) is 62.3 Å². The summed E-state index contributed by atoms with van der Waals surface area (Å²) in [7, 11) is 1.66. The summed E-state index contributed by atoms with van der Waals surface area (Å²) >= 11 is 0. The first-order valence-corrected chi connectivity index (χ1v) is 8.49. The first-order chi connectivity index (χ1) is 11.1. The van der Waals surface area contributed by atoms with E-state index in [0.29, 0.717) is 19.2 Å². The number of likely N-dealkylation sites (tertiary alicyclic amines) is 2. The summed E-state index contributed by atoms with van der Waals surface area (Å²) in [5.74, 6) is 0.231. The summed E-state index contributed by atoms with van der Waals surface area (Å²) in [6.07, 6.45) is 2.12. The normalized spacial score (nSPS) is 29.9. The van der Waals surface area contributed by atoms with Crippen molar-refractivity contribution in [2.45, 2.75) is 38.0 Å². The minimum atomic E-state index is 0.0662. The zero-order valence-corrected chi connectivity index (χ0v) is 14.1. The van der Waals surface area contributed by atoms with E-state index in [1.165, 1.54) is 0 Å². The Morgan fingerprint density at radius 3 is 2.70 bits per heavy atom. The highest BCUT2D eigenvalue weighted by Gasteiger charge is 2.45. The molecule has 3 fully saturated rings. The zero-order chi connectivity index (χ0) is 16.4. The molecular formula is C16H27N3O4. The highest BCUT2D eigenvalue weighted by atomic mass is 16.5. The first kappa shape index (κ1) is 16.7. The second-order valence-corrected chi connectivity index (χ2v) is 6.69. The summed E-state index contributed by atoms with van der Waals surface area (Å²) in [5, 5.41) is 0. The summed E-state index contributed by atoms with van der Waals surface area (Å²) in [6, 6.07) is 0.622. The molecule has 0 bridgehead atoms. The predicted octanol–water partition coefficient (Wildman–Crippen LogP) is -0.445. The lowest BCUT2D eigenvalue weighted by molar-refractivity contribution is -0.153. The number of rotatable bonds is 4. The smallest absolute Gasteiger partial charge is 0.249 e. The molecule has 3 rings (SSSR count). The van der Waals surface area contributed by atoms with Crippen LogP contribution in [0.1, 0.15) is 19.8 Å². The molecule has 0 aromatic carbocycles. The van der Waals surface area contributed by atoms with Gasteiger partial charge in [-0.15, -0.1) is 0 Å². The Balaban J connectivity index is 1.58. The number of piperidine rings is 1. The molecule has 0 aliphatic carbocycles. The average Bonchev–Trinajstić information content (AvgIpc) is 2.98. The van der Waals surface area contributed by atoms with Gasteiger partial charge in [-0.05, 0) is 12.8 Å². The molecule has 7 nitrogen and oxygen atoms in total. The largest absolute Gasteiger partial charge is 0.383 e. The monoisotopic (exact) mass is 325 g/mol. The Morgan fingerprint density at radius 1 is 1.30 bits per heavy atom. The van der Waals surface area contributed by atoms with Gasteiger partial charge in [-0.25, -0.2) is 0 Å². The van der Waals surface area contributed by atoms with Crippen LogP contribution in [0.4, 0.5) is 0 Å². The molecule has 23 heavy (non-hydrogen) atoms. The molecule has 0 saturated carbocycles. The highest BCUT2D eigenvalue weighted by Crippen LogP contribution is 2.28. The number of hydrogen-bond donors (Lipinski definition) is 0. The van der Waals surface area contributed by atoms with E-state index in [2.05, 4.69) is 4.90 Å². The standard InChI is InChI=1S/C16H27N3O4/c1-12(20)17-5-3-13(4-6-17)18-9-14-15(10-18)23-11-16(21)19(14)7-8-22-2/h13-15H,3-11H2,1-2H3/t14-,15-/m0/s1. The molecule has 7 heteroatoms. The summed E-state index contributed by atoms with van der Waals surface area (Å²) in [5.41, 5.74) is 0. The Labute approximate surface area is 137 Å². The van der Waals surface area contributed by atoms with Gasteiger partial charge in [-0.2, -0.15) is 0 Å². The fourth-order valence-electron chi connectivity index (χ4n) is 4.02. The van der Waals surface area contributed by atoms with Gasteiger partial charge in [0.15, 0.2) is 0 Å². The lowest BCUT2D eigenvalue weighted by Gasteiger charge is -2.37. The number of nitrogens with zero attached hydrogens (tertiary/aromatic N) is 3. The molecule has 3 heterocycles. The number of amides is 2. The molecule has 3 saturated heterocycles. The minimum absolute atomic E-state index is 0.0662. The lowest BCUT2D eigenvalue weighted by atomic mass is 10.0. The van der Waals surface area contributed by atoms with E-state index < -0.39 is 0 Å². The van der Waals surface area contributed by atoms with Gasteiger partial charge in [-0.3, -0.25) is 14.5 Å². The van der Waals surface area contributed by atoms with Gasteiger partial charge >= 0.3 is 0 Å². The third-order valence-electron chi connectivity index (χ3n) is 5.37. The van der Waals surface area contributed by atoms with E-state index >= 15 is 0 Å². The molecule has 3 aliphatic rings. The number of carbonyl (C=O) groups is 2. The maximum Gasteiger partial charge on any atom is 0.249 e. The van der Waals surface area contributed by atoms with E-state index in [4.69, 9.17) is 9.47 Å². The van der Waals surface area contributed by atoms with Crippen molar-refractivity contribution in [2.75, 3.05) is 53.0 Å². The van der Waals surface area contributed by atoms with Crippen molar-refractivity contribution in [1.29, 1.82) is 0 Å². The Bertz CT molecular complexity index is 451. The summed E-state index contributed by atoms with van der Waals surface area (Å²) in [6.45, 7) is 6.43. The Kier molecular flexibility index (Phi) is 5.18.